The third kappa shape index (κ3) is 6.41. The Labute approximate surface area is 138 Å². The van der Waals surface area contributed by atoms with Crippen LogP contribution in [0.3, 0.4) is 0 Å². The minimum atomic E-state index is 0.371. The van der Waals surface area contributed by atoms with Gasteiger partial charge in [0.05, 0.1) is 0 Å². The van der Waals surface area contributed by atoms with E-state index in [9.17, 15) is 4.79 Å². The van der Waals surface area contributed by atoms with E-state index in [1.165, 1.54) is 42.3 Å². The Bertz CT molecular complexity index is 307. The van der Waals surface area contributed by atoms with Gasteiger partial charge in [-0.3, -0.25) is 4.79 Å². The Morgan fingerprint density at radius 2 is 1.95 bits per heavy atom. The van der Waals surface area contributed by atoms with Crippen molar-refractivity contribution < 1.29 is 4.79 Å². The van der Waals surface area contributed by atoms with Gasteiger partial charge in [-0.25, -0.2) is 0 Å². The average molecular weight is 331 g/mol. The van der Waals surface area contributed by atoms with Crippen molar-refractivity contribution in [3.05, 3.63) is 0 Å². The quantitative estimate of drug-likeness (QED) is 0.840. The van der Waals surface area contributed by atoms with Crippen LogP contribution in [0.25, 0.3) is 0 Å². The Balaban J connectivity index is 1.82. The van der Waals surface area contributed by atoms with Crippen LogP contribution < -0.4 is 5.32 Å². The number of nitrogens with one attached hydrogen (secondary N) is 1. The SMILES string of the molecule is CCCCC(=O)N1CCCC[C@H](NC2CSCCSC2)C1. The fourth-order valence-electron chi connectivity index (χ4n) is 3.04. The molecule has 0 aromatic carbocycles. The summed E-state index contributed by atoms with van der Waals surface area (Å²) in [5.41, 5.74) is 0. The van der Waals surface area contributed by atoms with Crippen molar-refractivity contribution in [1.82, 2.24) is 10.2 Å². The first-order chi connectivity index (χ1) is 10.3. The van der Waals surface area contributed by atoms with Crippen LogP contribution in [-0.2, 0) is 4.79 Å². The highest BCUT2D eigenvalue weighted by molar-refractivity contribution is 8.03. The second-order valence-corrected chi connectivity index (χ2v) is 8.45. The number of carbonyl (C=O) groups excluding carboxylic acids is 1. The highest BCUT2D eigenvalue weighted by atomic mass is 32.2. The molecule has 3 nitrogen and oxygen atoms in total. The van der Waals surface area contributed by atoms with E-state index >= 15 is 0 Å². The van der Waals surface area contributed by atoms with Crippen molar-refractivity contribution in [2.24, 2.45) is 0 Å². The molecule has 0 saturated carbocycles. The lowest BCUT2D eigenvalue weighted by Gasteiger charge is -2.28. The molecule has 5 heteroatoms. The summed E-state index contributed by atoms with van der Waals surface area (Å²) >= 11 is 4.14. The third-order valence-corrected chi connectivity index (χ3v) is 6.77. The summed E-state index contributed by atoms with van der Waals surface area (Å²) in [5.74, 6) is 5.40. The van der Waals surface area contributed by atoms with E-state index in [0.717, 1.165) is 32.4 Å². The van der Waals surface area contributed by atoms with Gasteiger partial charge in [0.1, 0.15) is 0 Å². The molecule has 0 aromatic heterocycles. The van der Waals surface area contributed by atoms with E-state index in [1.54, 1.807) is 0 Å². The van der Waals surface area contributed by atoms with E-state index in [1.807, 2.05) is 0 Å². The molecule has 1 amide bonds. The zero-order valence-corrected chi connectivity index (χ0v) is 14.9. The molecular formula is C16H30N2OS2. The standard InChI is InChI=1S/C16H30N2OS2/c1-2-3-7-16(19)18-8-5-4-6-14(11-18)17-15-12-20-9-10-21-13-15/h14-15,17H,2-13H2,1H3/t14-/m0/s1. The maximum Gasteiger partial charge on any atom is 0.222 e. The van der Waals surface area contributed by atoms with Gasteiger partial charge in [0.2, 0.25) is 5.91 Å². The van der Waals surface area contributed by atoms with Crippen LogP contribution in [0, 0.1) is 0 Å². The molecule has 0 radical (unpaired) electrons. The smallest absolute Gasteiger partial charge is 0.222 e. The van der Waals surface area contributed by atoms with Crippen LogP contribution in [0.1, 0.15) is 45.4 Å². The number of hydrogen-bond donors (Lipinski definition) is 1. The Kier molecular flexibility index (Phi) is 8.33. The van der Waals surface area contributed by atoms with E-state index in [4.69, 9.17) is 0 Å². The normalized spacial score (nSPS) is 25.4. The number of unbranched alkanes of at least 4 members (excludes halogenated alkanes) is 1. The zero-order chi connectivity index (χ0) is 14.9. The van der Waals surface area contributed by atoms with Gasteiger partial charge in [0, 0.05) is 54.6 Å². The highest BCUT2D eigenvalue weighted by Gasteiger charge is 2.24. The minimum Gasteiger partial charge on any atom is -0.341 e. The van der Waals surface area contributed by atoms with Gasteiger partial charge in [-0.15, -0.1) is 0 Å². The van der Waals surface area contributed by atoms with E-state index in [-0.39, 0.29) is 0 Å². The predicted molar refractivity (Wildman–Crippen MR) is 95.3 cm³/mol. The molecule has 2 heterocycles. The molecule has 122 valence electrons. The van der Waals surface area contributed by atoms with Gasteiger partial charge < -0.3 is 10.2 Å². The summed E-state index contributed by atoms with van der Waals surface area (Å²) in [7, 11) is 0. The maximum absolute atomic E-state index is 12.3. The van der Waals surface area contributed by atoms with E-state index < -0.39 is 0 Å². The van der Waals surface area contributed by atoms with E-state index in [2.05, 4.69) is 40.7 Å². The Hall–Kier alpha value is 0.130. The van der Waals surface area contributed by atoms with Crippen LogP contribution in [0.5, 0.6) is 0 Å². The van der Waals surface area contributed by atoms with Crippen LogP contribution in [0.2, 0.25) is 0 Å². The molecule has 0 bridgehead atoms. The zero-order valence-electron chi connectivity index (χ0n) is 13.3. The highest BCUT2D eigenvalue weighted by Crippen LogP contribution is 2.19. The molecule has 0 aromatic rings. The molecule has 1 N–H and O–H groups in total. The monoisotopic (exact) mass is 330 g/mol. The molecule has 2 aliphatic heterocycles. The topological polar surface area (TPSA) is 32.3 Å². The average Bonchev–Trinajstić information content (AvgIpc) is 2.88. The fourth-order valence-corrected chi connectivity index (χ4v) is 5.46. The number of rotatable bonds is 5. The van der Waals surface area contributed by atoms with Crippen LogP contribution in [0.15, 0.2) is 0 Å². The van der Waals surface area contributed by atoms with Crippen molar-refractivity contribution in [2.45, 2.75) is 57.5 Å². The van der Waals surface area contributed by atoms with Crippen molar-refractivity contribution >= 4 is 29.4 Å². The number of nitrogens with zero attached hydrogens (tertiary/aromatic N) is 1. The van der Waals surface area contributed by atoms with Gasteiger partial charge in [0.15, 0.2) is 0 Å². The molecule has 0 unspecified atom stereocenters. The van der Waals surface area contributed by atoms with Gasteiger partial charge >= 0.3 is 0 Å². The van der Waals surface area contributed by atoms with Gasteiger partial charge in [-0.1, -0.05) is 19.8 Å². The first-order valence-electron chi connectivity index (χ1n) is 8.49. The lowest BCUT2D eigenvalue weighted by Crippen LogP contribution is -2.47. The van der Waals surface area contributed by atoms with Crippen molar-refractivity contribution in [1.29, 1.82) is 0 Å². The van der Waals surface area contributed by atoms with E-state index in [0.29, 0.717) is 18.0 Å². The van der Waals surface area contributed by atoms with Crippen molar-refractivity contribution in [3.63, 3.8) is 0 Å². The summed E-state index contributed by atoms with van der Waals surface area (Å²) in [6.07, 6.45) is 6.52. The molecule has 2 fully saturated rings. The molecule has 0 aliphatic carbocycles. The summed E-state index contributed by atoms with van der Waals surface area (Å²) < 4.78 is 0. The predicted octanol–water partition coefficient (Wildman–Crippen LogP) is 3.00. The Morgan fingerprint density at radius 3 is 2.67 bits per heavy atom. The first kappa shape index (κ1) is 17.5. The van der Waals surface area contributed by atoms with Crippen molar-refractivity contribution in [3.8, 4) is 0 Å². The molecule has 2 aliphatic rings. The Morgan fingerprint density at radius 1 is 1.19 bits per heavy atom. The first-order valence-corrected chi connectivity index (χ1v) is 10.8. The number of amides is 1. The van der Waals surface area contributed by atoms with Gasteiger partial charge in [0.25, 0.3) is 0 Å². The molecule has 2 saturated heterocycles. The molecule has 21 heavy (non-hydrogen) atoms. The number of thioether (sulfide) groups is 2. The summed E-state index contributed by atoms with van der Waals surface area (Å²) in [4.78, 5) is 14.4. The molecular weight excluding hydrogens is 300 g/mol. The summed E-state index contributed by atoms with van der Waals surface area (Å²) in [6, 6.07) is 1.13. The molecule has 2 rings (SSSR count). The lowest BCUT2D eigenvalue weighted by atomic mass is 10.1. The molecule has 0 spiro atoms. The lowest BCUT2D eigenvalue weighted by molar-refractivity contribution is -0.131. The number of likely N-dealkylation sites (tertiary alicyclic amines) is 1. The number of hydrogen-bond acceptors (Lipinski definition) is 4. The fraction of sp³-hybridized carbons (Fsp3) is 0.938. The second-order valence-electron chi connectivity index (χ2n) is 6.15. The van der Waals surface area contributed by atoms with Gasteiger partial charge in [-0.2, -0.15) is 23.5 Å². The summed E-state index contributed by atoms with van der Waals surface area (Å²) in [6.45, 7) is 4.05. The second kappa shape index (κ2) is 10.0. The largest absolute Gasteiger partial charge is 0.341 e. The van der Waals surface area contributed by atoms with Crippen LogP contribution >= 0.6 is 23.5 Å². The maximum atomic E-state index is 12.3. The van der Waals surface area contributed by atoms with Gasteiger partial charge in [-0.05, 0) is 19.3 Å². The third-order valence-electron chi connectivity index (χ3n) is 4.25. The van der Waals surface area contributed by atoms with Crippen LogP contribution in [0.4, 0.5) is 0 Å². The summed E-state index contributed by atoms with van der Waals surface area (Å²) in [5, 5.41) is 3.84. The minimum absolute atomic E-state index is 0.371. The molecule has 1 atom stereocenters. The number of carbonyl (C=O) groups is 1. The van der Waals surface area contributed by atoms with Crippen molar-refractivity contribution in [2.75, 3.05) is 36.1 Å². The van der Waals surface area contributed by atoms with Crippen LogP contribution in [-0.4, -0.2) is 59.0 Å².